The zero-order valence-electron chi connectivity index (χ0n) is 20.6. The Morgan fingerprint density at radius 1 is 1.28 bits per heavy atom. The first-order valence-electron chi connectivity index (χ1n) is 11.3. The van der Waals surface area contributed by atoms with Gasteiger partial charge in [0.15, 0.2) is 5.82 Å². The highest BCUT2D eigenvalue weighted by Crippen LogP contribution is 2.31. The average molecular weight is 512 g/mol. The Hall–Kier alpha value is -3.56. The average Bonchev–Trinajstić information content (AvgIpc) is 2.82. The van der Waals surface area contributed by atoms with Gasteiger partial charge in [0.05, 0.1) is 17.4 Å². The third-order valence-corrected chi connectivity index (χ3v) is 6.18. The number of halogens is 2. The van der Waals surface area contributed by atoms with Crippen LogP contribution in [0.5, 0.6) is 5.75 Å². The van der Waals surface area contributed by atoms with E-state index in [1.165, 1.54) is 23.0 Å². The molecule has 3 aromatic heterocycles. The molecule has 0 unspecified atom stereocenters. The van der Waals surface area contributed by atoms with Crippen LogP contribution >= 0.6 is 11.6 Å². The molecule has 8 nitrogen and oxygen atoms in total. The molecule has 1 aliphatic rings. The smallest absolute Gasteiger partial charge is 0.277 e. The summed E-state index contributed by atoms with van der Waals surface area (Å²) in [5.41, 5.74) is 2.13. The lowest BCUT2D eigenvalue weighted by Crippen LogP contribution is -2.29. The number of pyridine rings is 2. The summed E-state index contributed by atoms with van der Waals surface area (Å²) in [7, 11) is 0. The number of nitrogens with one attached hydrogen (secondary N) is 1. The van der Waals surface area contributed by atoms with E-state index in [0.717, 1.165) is 11.1 Å². The van der Waals surface area contributed by atoms with E-state index < -0.39 is 17.0 Å². The van der Waals surface area contributed by atoms with Crippen molar-refractivity contribution in [3.8, 4) is 5.75 Å². The number of allylic oxidation sites excluding steroid dienone is 2. The lowest BCUT2D eigenvalue weighted by Gasteiger charge is -2.26. The maximum absolute atomic E-state index is 13.9. The normalized spacial score (nSPS) is 15.7. The van der Waals surface area contributed by atoms with Gasteiger partial charge >= 0.3 is 0 Å². The molecule has 0 radical (unpaired) electrons. The zero-order valence-corrected chi connectivity index (χ0v) is 21.4. The minimum absolute atomic E-state index is 0.115. The predicted molar refractivity (Wildman–Crippen MR) is 135 cm³/mol. The van der Waals surface area contributed by atoms with Gasteiger partial charge in [0.25, 0.3) is 5.56 Å². The van der Waals surface area contributed by atoms with Gasteiger partial charge in [-0.2, -0.15) is 0 Å². The number of aliphatic hydroxyl groups is 1. The molecule has 0 saturated heterocycles. The number of nitrogens with zero attached hydrogens (tertiary/aromatic N) is 4. The van der Waals surface area contributed by atoms with Crippen LogP contribution in [0, 0.1) is 19.7 Å². The molecule has 0 fully saturated rings. The zero-order chi connectivity index (χ0) is 26.2. The van der Waals surface area contributed by atoms with Crippen molar-refractivity contribution in [2.75, 3.05) is 0 Å². The minimum atomic E-state index is -1.20. The highest BCUT2D eigenvalue weighted by atomic mass is 35.5. The molecule has 1 aliphatic heterocycles. The first-order chi connectivity index (χ1) is 17.0. The van der Waals surface area contributed by atoms with Gasteiger partial charge in [-0.3, -0.25) is 14.3 Å². The van der Waals surface area contributed by atoms with Crippen LogP contribution in [0.15, 0.2) is 53.4 Å². The van der Waals surface area contributed by atoms with Crippen LogP contribution in [0.1, 0.15) is 55.2 Å². The fourth-order valence-electron chi connectivity index (χ4n) is 3.86. The second kappa shape index (κ2) is 9.83. The first-order valence-corrected chi connectivity index (χ1v) is 11.7. The van der Waals surface area contributed by atoms with Gasteiger partial charge in [-0.25, -0.2) is 14.4 Å². The number of hydrogen-bond donors (Lipinski definition) is 2. The van der Waals surface area contributed by atoms with E-state index in [1.54, 1.807) is 39.2 Å². The number of aryl methyl sites for hydroxylation is 2. The molecule has 0 aliphatic carbocycles. The Kier molecular flexibility index (Phi) is 6.97. The van der Waals surface area contributed by atoms with E-state index in [4.69, 9.17) is 16.3 Å². The summed E-state index contributed by atoms with van der Waals surface area (Å²) in [4.78, 5) is 26.1. The second-order valence-electron chi connectivity index (χ2n) is 9.20. The summed E-state index contributed by atoms with van der Waals surface area (Å²) >= 11 is 6.41. The third-order valence-electron chi connectivity index (χ3n) is 5.83. The van der Waals surface area contributed by atoms with Crippen LogP contribution in [0.25, 0.3) is 5.70 Å². The van der Waals surface area contributed by atoms with Crippen molar-refractivity contribution in [3.63, 3.8) is 0 Å². The Morgan fingerprint density at radius 2 is 2.03 bits per heavy atom. The van der Waals surface area contributed by atoms with Crippen LogP contribution in [0.3, 0.4) is 0 Å². The fourth-order valence-corrected chi connectivity index (χ4v) is 4.05. The van der Waals surface area contributed by atoms with E-state index >= 15 is 0 Å². The Balaban J connectivity index is 1.71. The van der Waals surface area contributed by atoms with Crippen LogP contribution in [0.2, 0.25) is 5.02 Å². The summed E-state index contributed by atoms with van der Waals surface area (Å²) in [6.45, 7) is 8.65. The number of rotatable bonds is 6. The number of hydrogen-bond acceptors (Lipinski definition) is 7. The van der Waals surface area contributed by atoms with Crippen molar-refractivity contribution >= 4 is 17.3 Å². The molecule has 3 aromatic rings. The predicted octanol–water partition coefficient (Wildman–Crippen LogP) is 4.34. The Bertz CT molecular complexity index is 1440. The highest BCUT2D eigenvalue weighted by molar-refractivity contribution is 6.31. The van der Waals surface area contributed by atoms with Crippen LogP contribution in [-0.4, -0.2) is 24.6 Å². The van der Waals surface area contributed by atoms with E-state index in [2.05, 4.69) is 20.3 Å². The maximum atomic E-state index is 13.9. The quantitative estimate of drug-likeness (QED) is 0.507. The van der Waals surface area contributed by atoms with Gasteiger partial charge < -0.3 is 15.2 Å². The van der Waals surface area contributed by atoms with Crippen LogP contribution in [0.4, 0.5) is 4.39 Å². The summed E-state index contributed by atoms with van der Waals surface area (Å²) in [6.07, 6.45) is 8.07. The van der Waals surface area contributed by atoms with Crippen LogP contribution in [-0.2, 0) is 12.2 Å². The minimum Gasteiger partial charge on any atom is -0.487 e. The second-order valence-corrected chi connectivity index (χ2v) is 9.58. The third kappa shape index (κ3) is 5.03. The molecule has 10 heteroatoms. The molecular weight excluding hydrogens is 485 g/mol. The van der Waals surface area contributed by atoms with E-state index in [0.29, 0.717) is 22.9 Å². The number of dihydropyridines is 1. The molecule has 0 saturated carbocycles. The van der Waals surface area contributed by atoms with Crippen molar-refractivity contribution in [2.24, 2.45) is 0 Å². The van der Waals surface area contributed by atoms with E-state index in [9.17, 15) is 14.3 Å². The molecule has 4 heterocycles. The maximum Gasteiger partial charge on any atom is 0.277 e. The van der Waals surface area contributed by atoms with Gasteiger partial charge in [0, 0.05) is 42.1 Å². The molecular formula is C26H27ClFN5O3. The Morgan fingerprint density at radius 3 is 2.72 bits per heavy atom. The van der Waals surface area contributed by atoms with Crippen molar-refractivity contribution in [1.29, 1.82) is 0 Å². The van der Waals surface area contributed by atoms with Gasteiger partial charge in [-0.05, 0) is 57.9 Å². The monoisotopic (exact) mass is 511 g/mol. The Labute approximate surface area is 213 Å². The van der Waals surface area contributed by atoms with Crippen molar-refractivity contribution in [3.05, 3.63) is 98.1 Å². The lowest BCUT2D eigenvalue weighted by atomic mass is 10.0. The molecule has 2 N–H and O–H groups in total. The van der Waals surface area contributed by atoms with Gasteiger partial charge in [0.1, 0.15) is 28.8 Å². The fraction of sp³-hybridized carbons (Fsp3) is 0.308. The van der Waals surface area contributed by atoms with Crippen molar-refractivity contribution < 1.29 is 14.2 Å². The van der Waals surface area contributed by atoms with Crippen LogP contribution < -0.4 is 15.6 Å². The molecule has 0 aromatic carbocycles. The number of aromatic nitrogens is 4. The SMILES string of the molecule is CC1=CN[C@@H](c2nc(C(C)(C)O)ncc2C)C=C1n1c(C)cc(OCc2cnccc2F)c(Cl)c1=O. The highest BCUT2D eigenvalue weighted by Gasteiger charge is 2.26. The molecule has 4 rings (SSSR count). The topological polar surface area (TPSA) is 102 Å². The molecule has 0 bridgehead atoms. The molecule has 188 valence electrons. The molecule has 1 atom stereocenters. The summed E-state index contributed by atoms with van der Waals surface area (Å²) in [5, 5.41) is 13.5. The standard InChI is InChI=1S/C26H27ClFN5O3/c1-14-10-30-19(23-15(2)11-31-25(32-23)26(4,5)35)9-20(14)33-16(3)8-21(22(27)24(33)34)36-13-17-12-29-7-6-18(17)28/h6-12,19,30,35H,13H2,1-5H3/t19-/m1/s1. The van der Waals surface area contributed by atoms with Gasteiger partial charge in [-0.1, -0.05) is 11.6 Å². The van der Waals surface area contributed by atoms with E-state index in [1.807, 2.05) is 19.9 Å². The number of ether oxygens (including phenoxy) is 1. The van der Waals surface area contributed by atoms with Crippen molar-refractivity contribution in [1.82, 2.24) is 24.8 Å². The molecule has 0 amide bonds. The van der Waals surface area contributed by atoms with E-state index in [-0.39, 0.29) is 29.0 Å². The van der Waals surface area contributed by atoms with Crippen molar-refractivity contribution in [2.45, 2.75) is 52.9 Å². The summed E-state index contributed by atoms with van der Waals surface area (Å²) < 4.78 is 21.1. The lowest BCUT2D eigenvalue weighted by molar-refractivity contribution is 0.0683. The van der Waals surface area contributed by atoms with Gasteiger partial charge in [0.2, 0.25) is 0 Å². The largest absolute Gasteiger partial charge is 0.487 e. The van der Waals surface area contributed by atoms with Gasteiger partial charge in [-0.15, -0.1) is 0 Å². The first kappa shape index (κ1) is 25.5. The molecule has 36 heavy (non-hydrogen) atoms. The molecule has 0 spiro atoms. The summed E-state index contributed by atoms with van der Waals surface area (Å²) in [6, 6.07) is 2.51. The summed E-state index contributed by atoms with van der Waals surface area (Å²) in [5.74, 6) is 0.00697.